The lowest BCUT2D eigenvalue weighted by molar-refractivity contribution is 0.333. The standard InChI is InChI=1S/C13H24BrN3/c1-6-10-12(14)11(17(5)16-10)8-13(3,4)9-15-7-2/h15H,6-9H2,1-5H3. The summed E-state index contributed by atoms with van der Waals surface area (Å²) >= 11 is 3.68. The maximum absolute atomic E-state index is 4.54. The number of hydrogen-bond donors (Lipinski definition) is 1. The van der Waals surface area contributed by atoms with E-state index in [1.54, 1.807) is 0 Å². The second kappa shape index (κ2) is 6.01. The van der Waals surface area contributed by atoms with Gasteiger partial charge in [0.15, 0.2) is 0 Å². The summed E-state index contributed by atoms with van der Waals surface area (Å²) in [4.78, 5) is 0. The fraction of sp³-hybridized carbons (Fsp3) is 0.769. The number of aromatic nitrogens is 2. The van der Waals surface area contributed by atoms with E-state index in [1.807, 2.05) is 11.7 Å². The Bertz CT molecular complexity index is 369. The Hall–Kier alpha value is -0.350. The molecule has 0 spiro atoms. The van der Waals surface area contributed by atoms with Gasteiger partial charge in [0, 0.05) is 13.6 Å². The molecule has 0 unspecified atom stereocenters. The summed E-state index contributed by atoms with van der Waals surface area (Å²) in [6, 6.07) is 0. The Balaban J connectivity index is 2.83. The SMILES string of the molecule is CCNCC(C)(C)Cc1c(Br)c(CC)nn1C. The molecule has 3 nitrogen and oxygen atoms in total. The summed E-state index contributed by atoms with van der Waals surface area (Å²) in [7, 11) is 2.03. The molecule has 0 saturated heterocycles. The minimum Gasteiger partial charge on any atom is -0.316 e. The third-order valence-corrected chi connectivity index (χ3v) is 3.92. The molecule has 1 N–H and O–H groups in total. The van der Waals surface area contributed by atoms with Crippen LogP contribution in [0.3, 0.4) is 0 Å². The minimum absolute atomic E-state index is 0.247. The number of rotatable bonds is 6. The van der Waals surface area contributed by atoms with Crippen molar-refractivity contribution < 1.29 is 0 Å². The van der Waals surface area contributed by atoms with Crippen molar-refractivity contribution in [2.24, 2.45) is 12.5 Å². The highest BCUT2D eigenvalue weighted by atomic mass is 79.9. The van der Waals surface area contributed by atoms with E-state index in [2.05, 4.69) is 54.0 Å². The van der Waals surface area contributed by atoms with Gasteiger partial charge in [-0.2, -0.15) is 5.10 Å². The molecule has 0 bridgehead atoms. The monoisotopic (exact) mass is 301 g/mol. The highest BCUT2D eigenvalue weighted by molar-refractivity contribution is 9.10. The van der Waals surface area contributed by atoms with Crippen molar-refractivity contribution in [3.63, 3.8) is 0 Å². The maximum Gasteiger partial charge on any atom is 0.0766 e. The maximum atomic E-state index is 4.54. The van der Waals surface area contributed by atoms with Gasteiger partial charge in [-0.15, -0.1) is 0 Å². The molecule has 0 amide bonds. The molecule has 0 saturated carbocycles. The van der Waals surface area contributed by atoms with Crippen molar-refractivity contribution in [3.05, 3.63) is 15.9 Å². The Morgan fingerprint density at radius 2 is 2.00 bits per heavy atom. The fourth-order valence-electron chi connectivity index (χ4n) is 1.99. The van der Waals surface area contributed by atoms with Crippen LogP contribution in [0.25, 0.3) is 0 Å². The summed E-state index contributed by atoms with van der Waals surface area (Å²) in [5.74, 6) is 0. The van der Waals surface area contributed by atoms with E-state index in [0.717, 1.165) is 31.6 Å². The predicted molar refractivity (Wildman–Crippen MR) is 76.3 cm³/mol. The van der Waals surface area contributed by atoms with Gasteiger partial charge in [-0.05, 0) is 40.7 Å². The molecule has 1 rings (SSSR count). The lowest BCUT2D eigenvalue weighted by Gasteiger charge is -2.25. The van der Waals surface area contributed by atoms with Crippen molar-refractivity contribution in [1.82, 2.24) is 15.1 Å². The first-order valence-electron chi connectivity index (χ1n) is 6.32. The number of halogens is 1. The van der Waals surface area contributed by atoms with Crippen molar-refractivity contribution in [2.75, 3.05) is 13.1 Å². The molecule has 0 atom stereocenters. The van der Waals surface area contributed by atoms with Crippen LogP contribution in [0.15, 0.2) is 4.47 Å². The molecule has 0 fully saturated rings. The van der Waals surface area contributed by atoms with Gasteiger partial charge in [-0.25, -0.2) is 0 Å². The molecule has 1 aromatic heterocycles. The summed E-state index contributed by atoms with van der Waals surface area (Å²) in [6.45, 7) is 10.9. The van der Waals surface area contributed by atoms with Crippen molar-refractivity contribution in [3.8, 4) is 0 Å². The lowest BCUT2D eigenvalue weighted by atomic mass is 9.87. The third kappa shape index (κ3) is 3.81. The number of aryl methyl sites for hydroxylation is 2. The first kappa shape index (κ1) is 14.7. The van der Waals surface area contributed by atoms with Crippen LogP contribution in [-0.4, -0.2) is 22.9 Å². The Kier molecular flexibility index (Phi) is 5.20. The largest absolute Gasteiger partial charge is 0.316 e. The summed E-state index contributed by atoms with van der Waals surface area (Å²) in [6.07, 6.45) is 2.01. The highest BCUT2D eigenvalue weighted by Crippen LogP contribution is 2.28. The molecule has 0 aliphatic heterocycles. The number of nitrogens with zero attached hydrogens (tertiary/aromatic N) is 2. The zero-order chi connectivity index (χ0) is 13.1. The van der Waals surface area contributed by atoms with Crippen LogP contribution in [0.1, 0.15) is 39.1 Å². The third-order valence-electron chi connectivity index (χ3n) is 3.00. The molecule has 17 heavy (non-hydrogen) atoms. The topological polar surface area (TPSA) is 29.9 Å². The molecule has 0 aromatic carbocycles. The molecule has 4 heteroatoms. The average Bonchev–Trinajstić information content (AvgIpc) is 2.53. The Morgan fingerprint density at radius 3 is 2.47 bits per heavy atom. The minimum atomic E-state index is 0.247. The van der Waals surface area contributed by atoms with Crippen LogP contribution in [0, 0.1) is 5.41 Å². The van der Waals surface area contributed by atoms with Crippen molar-refractivity contribution in [1.29, 1.82) is 0 Å². The van der Waals surface area contributed by atoms with Gasteiger partial charge in [0.2, 0.25) is 0 Å². The van der Waals surface area contributed by atoms with E-state index in [1.165, 1.54) is 10.2 Å². The summed E-state index contributed by atoms with van der Waals surface area (Å²) < 4.78 is 3.20. The van der Waals surface area contributed by atoms with Gasteiger partial charge in [0.25, 0.3) is 0 Å². The van der Waals surface area contributed by atoms with Gasteiger partial charge in [-0.3, -0.25) is 4.68 Å². The second-order valence-electron chi connectivity index (χ2n) is 5.31. The van der Waals surface area contributed by atoms with Crippen LogP contribution in [0.2, 0.25) is 0 Å². The quantitative estimate of drug-likeness (QED) is 0.875. The number of hydrogen-bond acceptors (Lipinski definition) is 2. The van der Waals surface area contributed by atoms with Gasteiger partial charge in [-0.1, -0.05) is 27.7 Å². The molecule has 98 valence electrons. The van der Waals surface area contributed by atoms with E-state index < -0.39 is 0 Å². The van der Waals surface area contributed by atoms with E-state index in [9.17, 15) is 0 Å². The van der Waals surface area contributed by atoms with E-state index in [4.69, 9.17) is 0 Å². The average molecular weight is 302 g/mol. The lowest BCUT2D eigenvalue weighted by Crippen LogP contribution is -2.31. The normalized spacial score (nSPS) is 12.1. The molecular formula is C13H24BrN3. The highest BCUT2D eigenvalue weighted by Gasteiger charge is 2.23. The van der Waals surface area contributed by atoms with Crippen LogP contribution >= 0.6 is 15.9 Å². The smallest absolute Gasteiger partial charge is 0.0766 e. The van der Waals surface area contributed by atoms with E-state index >= 15 is 0 Å². The van der Waals surface area contributed by atoms with Crippen molar-refractivity contribution in [2.45, 2.75) is 40.5 Å². The first-order chi connectivity index (χ1) is 7.91. The molecule has 0 aliphatic rings. The molecule has 0 radical (unpaired) electrons. The van der Waals surface area contributed by atoms with Crippen molar-refractivity contribution >= 4 is 15.9 Å². The summed E-state index contributed by atoms with van der Waals surface area (Å²) in [5.41, 5.74) is 2.70. The predicted octanol–water partition coefficient (Wildman–Crippen LogP) is 2.92. The van der Waals surface area contributed by atoms with Crippen LogP contribution in [0.4, 0.5) is 0 Å². The zero-order valence-corrected chi connectivity index (χ0v) is 13.2. The zero-order valence-electron chi connectivity index (χ0n) is 11.6. The van der Waals surface area contributed by atoms with E-state index in [-0.39, 0.29) is 5.41 Å². The van der Waals surface area contributed by atoms with Gasteiger partial charge in [0.05, 0.1) is 15.9 Å². The van der Waals surface area contributed by atoms with E-state index in [0.29, 0.717) is 0 Å². The van der Waals surface area contributed by atoms with Gasteiger partial charge >= 0.3 is 0 Å². The summed E-state index contributed by atoms with van der Waals surface area (Å²) in [5, 5.41) is 7.97. The number of nitrogens with one attached hydrogen (secondary N) is 1. The molecule has 1 heterocycles. The van der Waals surface area contributed by atoms with Gasteiger partial charge < -0.3 is 5.32 Å². The van der Waals surface area contributed by atoms with Crippen LogP contribution in [-0.2, 0) is 19.9 Å². The van der Waals surface area contributed by atoms with Crippen LogP contribution < -0.4 is 5.32 Å². The molecular weight excluding hydrogens is 278 g/mol. The first-order valence-corrected chi connectivity index (χ1v) is 7.11. The van der Waals surface area contributed by atoms with Gasteiger partial charge in [0.1, 0.15) is 0 Å². The molecule has 0 aliphatic carbocycles. The second-order valence-corrected chi connectivity index (χ2v) is 6.10. The Labute approximate surface area is 113 Å². The van der Waals surface area contributed by atoms with Crippen LogP contribution in [0.5, 0.6) is 0 Å². The fourth-order valence-corrected chi connectivity index (χ4v) is 2.75. The molecule has 1 aromatic rings. The Morgan fingerprint density at radius 1 is 1.35 bits per heavy atom.